The summed E-state index contributed by atoms with van der Waals surface area (Å²) in [6.07, 6.45) is -3.87. The monoisotopic (exact) mass is 1130 g/mol. The standard InChI is InChI=1S/C50H24F10Se4/c51-47(52,49(55,56)57)45-19-43-41(63-45)17-39(61-43)33-7-23-1-21-5-29-11-31-15-38-32(16-37(31)35(29)13-27(21)3-25(23)9-33)12-30-6-22-2-24-8-34(10-26(24)4-28(22)14-36(30)38)40-18-42-44(62-40)20-46(64-42)48(53,54)50(58,59)60/h1-6,9-10,13-20H,7-8,11-12H2. The third kappa shape index (κ3) is 5.93. The van der Waals surface area contributed by atoms with Gasteiger partial charge in [-0.1, -0.05) is 0 Å². The van der Waals surface area contributed by atoms with Crippen LogP contribution in [0.1, 0.15) is 62.3 Å². The molecule has 0 N–H and O–H groups in total. The molecule has 318 valence electrons. The SMILES string of the molecule is FC(F)(F)C(F)(F)c1cc2[se]c(C3=Cc4cc5cc6c(cc5cc4C3)Cc3cc4c(cc3-6)Cc3cc5cc6c(cc5cc3-4)C=C(c3cc4[se]c(C(F)(F)C(F)(F)F)cc4[se]3)C6)cc2[se]1. The minimum atomic E-state index is -5.59. The van der Waals surface area contributed by atoms with Gasteiger partial charge in [-0.25, -0.2) is 0 Å². The molecular formula is C50H24F10Se4. The van der Waals surface area contributed by atoms with Gasteiger partial charge in [0.05, 0.1) is 0 Å². The van der Waals surface area contributed by atoms with Crippen LogP contribution in [0.25, 0.3) is 84.1 Å². The number of hydrogen-bond acceptors (Lipinski definition) is 0. The molecule has 0 radical (unpaired) electrons. The van der Waals surface area contributed by atoms with Gasteiger partial charge in [-0.3, -0.25) is 0 Å². The fourth-order valence-corrected chi connectivity index (χ4v) is 21.7. The van der Waals surface area contributed by atoms with Crippen LogP contribution in [0.4, 0.5) is 43.9 Å². The second-order valence-electron chi connectivity index (χ2n) is 17.1. The van der Waals surface area contributed by atoms with E-state index in [1.165, 1.54) is 55.6 Å². The summed E-state index contributed by atoms with van der Waals surface area (Å²) < 4.78 is 138. The third-order valence-corrected chi connectivity index (χ3v) is 24.1. The fraction of sp³-hybridized carbons (Fsp3) is 0.160. The Labute approximate surface area is 380 Å². The molecule has 13 rings (SSSR count). The average molecular weight is 1130 g/mol. The summed E-state index contributed by atoms with van der Waals surface area (Å²) in [7, 11) is 0. The van der Waals surface area contributed by atoms with Gasteiger partial charge in [0, 0.05) is 0 Å². The summed E-state index contributed by atoms with van der Waals surface area (Å²) in [5.74, 6) is -9.60. The Hall–Kier alpha value is -4.08. The van der Waals surface area contributed by atoms with E-state index in [0.717, 1.165) is 77.7 Å². The number of rotatable bonds is 4. The Kier molecular flexibility index (Phi) is 8.35. The van der Waals surface area contributed by atoms with Crippen molar-refractivity contribution in [1.29, 1.82) is 0 Å². The van der Waals surface area contributed by atoms with Crippen molar-refractivity contribution in [3.63, 3.8) is 0 Å². The molecule has 4 aromatic heterocycles. The minimum absolute atomic E-state index is 0.325. The van der Waals surface area contributed by atoms with E-state index in [1.807, 2.05) is 12.1 Å². The fourth-order valence-electron chi connectivity index (χ4n) is 9.97. The molecule has 0 aliphatic heterocycles. The van der Waals surface area contributed by atoms with Crippen LogP contribution in [-0.2, 0) is 37.5 Å². The van der Waals surface area contributed by atoms with E-state index in [4.69, 9.17) is 0 Å². The van der Waals surface area contributed by atoms with Crippen LogP contribution in [0, 0.1) is 0 Å². The van der Waals surface area contributed by atoms with Gasteiger partial charge >= 0.3 is 383 Å². The van der Waals surface area contributed by atoms with Gasteiger partial charge in [0.15, 0.2) is 0 Å². The summed E-state index contributed by atoms with van der Waals surface area (Å²) in [5.41, 5.74) is 16.8. The summed E-state index contributed by atoms with van der Waals surface area (Å²) in [6.45, 7) is 0. The van der Waals surface area contributed by atoms with Crippen LogP contribution in [0.5, 0.6) is 0 Å². The first-order valence-corrected chi connectivity index (χ1v) is 26.9. The van der Waals surface area contributed by atoms with Crippen molar-refractivity contribution >= 4 is 120 Å². The van der Waals surface area contributed by atoms with Gasteiger partial charge in [-0.15, -0.1) is 0 Å². The second kappa shape index (κ2) is 13.3. The molecule has 5 aromatic carbocycles. The van der Waals surface area contributed by atoms with Gasteiger partial charge in [-0.05, 0) is 0 Å². The molecule has 0 spiro atoms. The molecule has 4 aliphatic rings. The van der Waals surface area contributed by atoms with Crippen molar-refractivity contribution in [1.82, 2.24) is 0 Å². The molecule has 0 amide bonds. The second-order valence-corrected chi connectivity index (χ2v) is 26.2. The normalized spacial score (nSPS) is 15.6. The number of alkyl halides is 10. The van der Waals surface area contributed by atoms with Gasteiger partial charge < -0.3 is 0 Å². The molecule has 4 aliphatic carbocycles. The van der Waals surface area contributed by atoms with Gasteiger partial charge in [0.25, 0.3) is 0 Å². The summed E-state index contributed by atoms with van der Waals surface area (Å²) >= 11 is -2.75. The zero-order chi connectivity index (χ0) is 44.0. The van der Waals surface area contributed by atoms with Crippen molar-refractivity contribution in [2.75, 3.05) is 0 Å². The molecule has 0 bridgehead atoms. The van der Waals surface area contributed by atoms with E-state index in [9.17, 15) is 43.9 Å². The Morgan fingerprint density at radius 3 is 1.06 bits per heavy atom. The molecule has 0 atom stereocenters. The summed E-state index contributed by atoms with van der Waals surface area (Å²) in [4.78, 5) is 0. The molecule has 14 heteroatoms. The first-order valence-electron chi connectivity index (χ1n) is 20.1. The van der Waals surface area contributed by atoms with E-state index in [-0.39, 0.29) is 29.0 Å². The zero-order valence-corrected chi connectivity index (χ0v) is 39.3. The number of allylic oxidation sites excluding steroid dienone is 2. The first-order chi connectivity index (χ1) is 30.3. The maximum atomic E-state index is 14.1. The Balaban J connectivity index is 0.775. The van der Waals surface area contributed by atoms with Gasteiger partial charge in [-0.2, -0.15) is 0 Å². The third-order valence-electron chi connectivity index (χ3n) is 13.1. The Morgan fingerprint density at radius 2 is 0.672 bits per heavy atom. The van der Waals surface area contributed by atoms with Crippen molar-refractivity contribution in [3.8, 4) is 22.3 Å². The van der Waals surface area contributed by atoms with E-state index in [2.05, 4.69) is 72.8 Å². The molecule has 0 nitrogen and oxygen atoms in total. The van der Waals surface area contributed by atoms with Crippen LogP contribution in [0.3, 0.4) is 0 Å². The Morgan fingerprint density at radius 1 is 0.328 bits per heavy atom. The van der Waals surface area contributed by atoms with Crippen LogP contribution in [0.2, 0.25) is 0 Å². The maximum absolute atomic E-state index is 14.1. The van der Waals surface area contributed by atoms with E-state index in [0.29, 0.717) is 29.9 Å². The molecule has 64 heavy (non-hydrogen) atoms. The molecule has 4 heterocycles. The number of benzene rings is 5. The van der Waals surface area contributed by atoms with Crippen molar-refractivity contribution in [2.45, 2.75) is 49.9 Å². The molecule has 9 aromatic rings. The molecule has 0 unspecified atom stereocenters. The number of hydrogen-bond donors (Lipinski definition) is 0. The summed E-state index contributed by atoms with van der Waals surface area (Å²) in [5, 5.41) is 4.55. The molecule has 0 fully saturated rings. The summed E-state index contributed by atoms with van der Waals surface area (Å²) in [6, 6.07) is 28.6. The Bertz CT molecular complexity index is 3350. The van der Waals surface area contributed by atoms with Crippen molar-refractivity contribution in [3.05, 3.63) is 147 Å². The average Bonchev–Trinajstić information content (AvgIpc) is 4.07. The van der Waals surface area contributed by atoms with Crippen LogP contribution < -0.4 is 0 Å². The molecular weight excluding hydrogens is 1110 g/mol. The predicted octanol–water partition coefficient (Wildman–Crippen LogP) is 13.2. The van der Waals surface area contributed by atoms with Gasteiger partial charge in [0.2, 0.25) is 0 Å². The zero-order valence-electron chi connectivity index (χ0n) is 32.5. The predicted molar refractivity (Wildman–Crippen MR) is 237 cm³/mol. The van der Waals surface area contributed by atoms with Crippen LogP contribution >= 0.6 is 0 Å². The van der Waals surface area contributed by atoms with Crippen molar-refractivity contribution < 1.29 is 43.9 Å². The molecule has 0 saturated heterocycles. The quantitative estimate of drug-likeness (QED) is 0.122. The topological polar surface area (TPSA) is 0 Å². The van der Waals surface area contributed by atoms with E-state index < -0.39 is 62.1 Å². The van der Waals surface area contributed by atoms with E-state index >= 15 is 0 Å². The van der Waals surface area contributed by atoms with Crippen LogP contribution in [0.15, 0.2) is 84.9 Å². The number of halogens is 10. The van der Waals surface area contributed by atoms with Crippen molar-refractivity contribution in [2.24, 2.45) is 0 Å². The number of fused-ring (bicyclic) bond motifs is 12. The first kappa shape index (κ1) is 40.2. The van der Waals surface area contributed by atoms with Gasteiger partial charge in [0.1, 0.15) is 0 Å². The van der Waals surface area contributed by atoms with E-state index in [1.54, 1.807) is 0 Å². The molecule has 0 saturated carbocycles. The van der Waals surface area contributed by atoms with Crippen LogP contribution in [-0.4, -0.2) is 70.4 Å².